The summed E-state index contributed by atoms with van der Waals surface area (Å²) in [6.07, 6.45) is 6.77. The normalized spacial score (nSPS) is 41.2. The van der Waals surface area contributed by atoms with Crippen LogP contribution < -0.4 is 19.7 Å². The van der Waals surface area contributed by atoms with Gasteiger partial charge in [-0.15, -0.1) is 0 Å². The Bertz CT molecular complexity index is 1740. The van der Waals surface area contributed by atoms with Crippen molar-refractivity contribution in [2.24, 2.45) is 29.1 Å². The van der Waals surface area contributed by atoms with Crippen LogP contribution in [0.5, 0.6) is 5.75 Å². The molecule has 4 aliphatic heterocycles. The first kappa shape index (κ1) is 31.6. The van der Waals surface area contributed by atoms with Gasteiger partial charge in [0.1, 0.15) is 18.0 Å². The second-order valence-electron chi connectivity index (χ2n) is 15.9. The first-order valence-corrected chi connectivity index (χ1v) is 19.9. The van der Waals surface area contributed by atoms with Crippen molar-refractivity contribution in [1.82, 2.24) is 10.0 Å². The Kier molecular flexibility index (Phi) is 7.45. The number of carbonyl (C=O) groups is 1. The minimum absolute atomic E-state index is 0.0406. The number of sulfonamides is 1. The molecule has 2 bridgehead atoms. The lowest BCUT2D eigenvalue weighted by atomic mass is 9.70. The van der Waals surface area contributed by atoms with Crippen LogP contribution in [0.25, 0.3) is 0 Å². The summed E-state index contributed by atoms with van der Waals surface area (Å²) in [5.74, 6) is 1.53. The Hall–Kier alpha value is -2.37. The maximum atomic E-state index is 13.5. The van der Waals surface area contributed by atoms with Crippen LogP contribution in [-0.4, -0.2) is 70.9 Å². The number of aryl methyl sites for hydroxylation is 1. The molecule has 10 atom stereocenters. The highest BCUT2D eigenvalue weighted by Gasteiger charge is 2.78. The lowest BCUT2D eigenvalue weighted by Gasteiger charge is -2.42. The van der Waals surface area contributed by atoms with Crippen LogP contribution in [0.2, 0.25) is 5.02 Å². The van der Waals surface area contributed by atoms with Gasteiger partial charge in [0, 0.05) is 47.6 Å². The number of benzene rings is 2. The maximum absolute atomic E-state index is 13.5. The van der Waals surface area contributed by atoms with Crippen LogP contribution in [0.1, 0.15) is 73.9 Å². The van der Waals surface area contributed by atoms with Crippen LogP contribution in [0.15, 0.2) is 36.4 Å². The second-order valence-corrected chi connectivity index (χ2v) is 18.4. The number of fused-ring (bicyclic) bond motifs is 5. The fourth-order valence-corrected chi connectivity index (χ4v) is 12.1. The van der Waals surface area contributed by atoms with Gasteiger partial charge >= 0.3 is 0 Å². The van der Waals surface area contributed by atoms with E-state index in [2.05, 4.69) is 27.1 Å². The summed E-state index contributed by atoms with van der Waals surface area (Å²) >= 11 is 6.47. The summed E-state index contributed by atoms with van der Waals surface area (Å²) in [7, 11) is -3.90. The Morgan fingerprint density at radius 1 is 1.02 bits per heavy atom. The monoisotopic (exact) mass is 695 g/mol. The summed E-state index contributed by atoms with van der Waals surface area (Å²) < 4.78 is 49.4. The van der Waals surface area contributed by atoms with Gasteiger partial charge in [-0.25, -0.2) is 13.1 Å². The number of halogens is 1. The quantitative estimate of drug-likeness (QED) is 0.428. The largest absolute Gasteiger partial charge is 0.490 e. The molecule has 2 saturated heterocycles. The van der Waals surface area contributed by atoms with Gasteiger partial charge < -0.3 is 24.4 Å². The van der Waals surface area contributed by atoms with E-state index < -0.39 is 21.2 Å². The third-order valence-corrected chi connectivity index (χ3v) is 15.5. The summed E-state index contributed by atoms with van der Waals surface area (Å²) in [5.41, 5.74) is 3.49. The predicted molar refractivity (Wildman–Crippen MR) is 183 cm³/mol. The summed E-state index contributed by atoms with van der Waals surface area (Å²) in [6, 6.07) is 11.7. The molecule has 2 N–H and O–H groups in total. The molecule has 2 saturated carbocycles. The fraction of sp³-hybridized carbons (Fsp3) is 0.649. The Balaban J connectivity index is 1.11. The van der Waals surface area contributed by atoms with Crippen molar-refractivity contribution in [3.8, 4) is 5.75 Å². The van der Waals surface area contributed by atoms with E-state index in [4.69, 9.17) is 25.8 Å². The number of hydrogen-bond donors (Lipinski definition) is 2. The average molecular weight is 696 g/mol. The third-order valence-electron chi connectivity index (χ3n) is 13.4. The molecule has 258 valence electrons. The third kappa shape index (κ3) is 4.87. The minimum atomic E-state index is -3.90. The Morgan fingerprint density at radius 3 is 2.65 bits per heavy atom. The number of hydrogen-bond acceptors (Lipinski definition) is 8. The predicted octanol–water partition coefficient (Wildman–Crippen LogP) is 5.05. The van der Waals surface area contributed by atoms with Crippen molar-refractivity contribution in [2.45, 2.75) is 88.0 Å². The number of nitrogens with one attached hydrogen (secondary N) is 2. The molecule has 4 heterocycles. The standard InChI is InChI=1S/C37H46ClN3O6S/c1-21-5-3-12-37(35-46-31-16-39-17-32(31)47-35)28-14-25(33(28)37)18-41-19-36(11-4-6-23-13-26(38)8-9-27(23)36)20-45-30-10-7-24(15-29(30)41)34(42)40-48(43,44)22(21)2/h7-10,13,15,21-22,25,28,31-33,35,39H,3-6,11-12,14,16-20H2,1-2H3,(H,40,42)/t21-,22+,25-,28?,31-,32+,33-,35?,36-,37?/m0/s1. The van der Waals surface area contributed by atoms with E-state index in [9.17, 15) is 13.2 Å². The maximum Gasteiger partial charge on any atom is 0.264 e. The Labute approximate surface area is 288 Å². The summed E-state index contributed by atoms with van der Waals surface area (Å²) in [4.78, 5) is 16.0. The van der Waals surface area contributed by atoms with Gasteiger partial charge in [-0.2, -0.15) is 0 Å². The molecule has 9 nitrogen and oxygen atoms in total. The van der Waals surface area contributed by atoms with Crippen LogP contribution >= 0.6 is 11.6 Å². The average Bonchev–Trinajstić information content (AvgIpc) is 3.29. The summed E-state index contributed by atoms with van der Waals surface area (Å²) in [5, 5.41) is 3.45. The number of anilines is 1. The Morgan fingerprint density at radius 2 is 1.83 bits per heavy atom. The molecule has 9 rings (SSSR count). The van der Waals surface area contributed by atoms with Gasteiger partial charge in [0.05, 0.1) is 17.5 Å². The van der Waals surface area contributed by atoms with E-state index in [1.807, 2.05) is 25.1 Å². The first-order valence-electron chi connectivity index (χ1n) is 18.0. The van der Waals surface area contributed by atoms with Crippen LogP contribution in [0, 0.1) is 29.1 Å². The first-order chi connectivity index (χ1) is 23.1. The topological polar surface area (TPSA) is 106 Å². The van der Waals surface area contributed by atoms with Gasteiger partial charge in [-0.1, -0.05) is 31.0 Å². The molecule has 0 aromatic heterocycles. The summed E-state index contributed by atoms with van der Waals surface area (Å²) in [6.45, 7) is 7.47. The molecule has 1 spiro atoms. The van der Waals surface area contributed by atoms with E-state index in [1.165, 1.54) is 11.1 Å². The molecule has 1 amide bonds. The molecule has 2 aromatic carbocycles. The molecular weight excluding hydrogens is 650 g/mol. The van der Waals surface area contributed by atoms with Crippen LogP contribution in [0.4, 0.5) is 5.69 Å². The van der Waals surface area contributed by atoms with Gasteiger partial charge in [-0.05, 0) is 111 Å². The lowest BCUT2D eigenvalue weighted by Crippen LogP contribution is -2.47. The van der Waals surface area contributed by atoms with Crippen LogP contribution in [0.3, 0.4) is 0 Å². The van der Waals surface area contributed by atoms with Gasteiger partial charge in [0.15, 0.2) is 6.29 Å². The molecule has 0 radical (unpaired) electrons. The SMILES string of the molecule is C[C@@H]1[C@@H](C)CCCC2(C3O[C@H]4CNC[C@H]4O3)C3C[C@@H](CN4C[C@@]5(CCCc6cc(Cl)ccc65)COc5ccc(cc54)C(=O)NS1(=O)=O)[C@@H]32. The fourth-order valence-electron chi connectivity index (χ4n) is 10.6. The highest BCUT2D eigenvalue weighted by atomic mass is 35.5. The minimum Gasteiger partial charge on any atom is -0.490 e. The molecule has 2 aromatic rings. The van der Waals surface area contributed by atoms with Crippen molar-refractivity contribution in [2.75, 3.05) is 37.7 Å². The van der Waals surface area contributed by atoms with Crippen molar-refractivity contribution in [1.29, 1.82) is 0 Å². The van der Waals surface area contributed by atoms with E-state index >= 15 is 0 Å². The highest BCUT2D eigenvalue weighted by molar-refractivity contribution is 7.90. The number of ether oxygens (including phenoxy) is 3. The highest BCUT2D eigenvalue weighted by Crippen LogP contribution is 2.78. The smallest absolute Gasteiger partial charge is 0.264 e. The second kappa shape index (κ2) is 11.3. The molecule has 48 heavy (non-hydrogen) atoms. The van der Waals surface area contributed by atoms with E-state index in [0.29, 0.717) is 29.9 Å². The van der Waals surface area contributed by atoms with E-state index in [0.717, 1.165) is 87.6 Å². The molecular formula is C37H46ClN3O6S. The van der Waals surface area contributed by atoms with Gasteiger partial charge in [-0.3, -0.25) is 4.79 Å². The number of rotatable bonds is 1. The van der Waals surface area contributed by atoms with Gasteiger partial charge in [0.25, 0.3) is 5.91 Å². The molecule has 4 fully saturated rings. The van der Waals surface area contributed by atoms with Crippen molar-refractivity contribution < 1.29 is 27.4 Å². The zero-order chi connectivity index (χ0) is 33.0. The van der Waals surface area contributed by atoms with E-state index in [1.54, 1.807) is 13.0 Å². The van der Waals surface area contributed by atoms with E-state index in [-0.39, 0.29) is 35.2 Å². The van der Waals surface area contributed by atoms with Crippen LogP contribution in [-0.2, 0) is 31.3 Å². The number of carbonyl (C=O) groups excluding carboxylic acids is 1. The van der Waals surface area contributed by atoms with Crippen molar-refractivity contribution >= 4 is 33.2 Å². The van der Waals surface area contributed by atoms with Crippen molar-refractivity contribution in [3.05, 3.63) is 58.1 Å². The molecule has 3 unspecified atom stereocenters. The van der Waals surface area contributed by atoms with Crippen molar-refractivity contribution in [3.63, 3.8) is 0 Å². The number of nitrogens with zero attached hydrogens (tertiary/aromatic N) is 1. The van der Waals surface area contributed by atoms with Gasteiger partial charge in [0.2, 0.25) is 10.0 Å². The molecule has 7 aliphatic rings. The molecule has 11 heteroatoms. The number of amides is 1. The molecule has 3 aliphatic carbocycles. The lowest BCUT2D eigenvalue weighted by molar-refractivity contribution is -0.127. The zero-order valence-corrected chi connectivity index (χ0v) is 29.3. The zero-order valence-electron chi connectivity index (χ0n) is 27.8.